The fourth-order valence-corrected chi connectivity index (χ4v) is 3.03. The predicted molar refractivity (Wildman–Crippen MR) is 89.5 cm³/mol. The molecule has 0 saturated carbocycles. The lowest BCUT2D eigenvalue weighted by Crippen LogP contribution is -2.44. The van der Waals surface area contributed by atoms with Crippen molar-refractivity contribution in [3.05, 3.63) is 41.9 Å². The summed E-state index contributed by atoms with van der Waals surface area (Å²) in [5.41, 5.74) is 2.03. The molecule has 1 unspecified atom stereocenters. The first kappa shape index (κ1) is 16.3. The number of H-pyrrole nitrogens is 1. The molecule has 3 rings (SSSR count). The van der Waals surface area contributed by atoms with E-state index in [0.29, 0.717) is 19.0 Å². The number of likely N-dealkylation sites (tertiary alicyclic amines) is 1. The van der Waals surface area contributed by atoms with Crippen LogP contribution in [0.15, 0.2) is 30.7 Å². The topological polar surface area (TPSA) is 83.1 Å². The quantitative estimate of drug-likeness (QED) is 0.883. The number of carbonyl (C=O) groups is 1. The van der Waals surface area contributed by atoms with E-state index < -0.39 is 0 Å². The Kier molecular flexibility index (Phi) is 5.30. The molecule has 1 atom stereocenters. The first-order chi connectivity index (χ1) is 11.8. The number of amides is 2. The summed E-state index contributed by atoms with van der Waals surface area (Å²) in [6.07, 6.45) is 8.49. The Morgan fingerprint density at radius 1 is 1.50 bits per heavy atom. The second kappa shape index (κ2) is 7.81. The minimum atomic E-state index is -0.0457. The lowest BCUT2D eigenvalue weighted by molar-refractivity contribution is 0.151. The maximum atomic E-state index is 12.6. The number of hydrogen-bond donors (Lipinski definition) is 2. The van der Waals surface area contributed by atoms with Gasteiger partial charge in [-0.15, -0.1) is 0 Å². The number of piperidine rings is 1. The van der Waals surface area contributed by atoms with Gasteiger partial charge in [0.25, 0.3) is 0 Å². The van der Waals surface area contributed by atoms with E-state index in [4.69, 9.17) is 4.74 Å². The largest absolute Gasteiger partial charge is 0.478 e. The summed E-state index contributed by atoms with van der Waals surface area (Å²) in [4.78, 5) is 18.7. The van der Waals surface area contributed by atoms with Crippen molar-refractivity contribution in [3.8, 4) is 5.88 Å². The highest BCUT2D eigenvalue weighted by atomic mass is 16.5. The van der Waals surface area contributed by atoms with E-state index in [2.05, 4.69) is 20.5 Å². The third-order valence-corrected chi connectivity index (χ3v) is 4.20. The van der Waals surface area contributed by atoms with Crippen molar-refractivity contribution in [2.75, 3.05) is 13.2 Å². The Morgan fingerprint density at radius 3 is 3.21 bits per heavy atom. The average Bonchev–Trinajstić information content (AvgIpc) is 3.15. The van der Waals surface area contributed by atoms with Crippen LogP contribution in [0.3, 0.4) is 0 Å². The van der Waals surface area contributed by atoms with Crippen molar-refractivity contribution in [3.63, 3.8) is 0 Å². The van der Waals surface area contributed by atoms with Gasteiger partial charge in [0.2, 0.25) is 5.88 Å². The van der Waals surface area contributed by atoms with E-state index in [0.717, 1.165) is 36.9 Å². The summed E-state index contributed by atoms with van der Waals surface area (Å²) in [7, 11) is 0. The molecule has 1 aliphatic heterocycles. The summed E-state index contributed by atoms with van der Waals surface area (Å²) >= 11 is 0. The van der Waals surface area contributed by atoms with Gasteiger partial charge in [-0.3, -0.25) is 5.10 Å². The van der Waals surface area contributed by atoms with Crippen LogP contribution in [0.25, 0.3) is 0 Å². The third-order valence-electron chi connectivity index (χ3n) is 4.20. The predicted octanol–water partition coefficient (Wildman–Crippen LogP) is 2.64. The molecule has 1 aliphatic rings. The van der Waals surface area contributed by atoms with E-state index in [9.17, 15) is 4.79 Å². The smallest absolute Gasteiger partial charge is 0.318 e. The number of nitrogens with one attached hydrogen (secondary N) is 2. The van der Waals surface area contributed by atoms with Gasteiger partial charge in [0.05, 0.1) is 18.8 Å². The molecular weight excluding hydrogens is 306 g/mol. The second-order valence-corrected chi connectivity index (χ2v) is 5.83. The molecule has 128 valence electrons. The minimum Gasteiger partial charge on any atom is -0.478 e. The molecule has 0 aromatic carbocycles. The SMILES string of the molecule is CCOc1cc(CNC(=O)N2CCCCC2c2cn[nH]c2)ccn1. The van der Waals surface area contributed by atoms with Crippen molar-refractivity contribution < 1.29 is 9.53 Å². The van der Waals surface area contributed by atoms with Gasteiger partial charge >= 0.3 is 6.03 Å². The Bertz CT molecular complexity index is 659. The molecule has 1 fully saturated rings. The van der Waals surface area contributed by atoms with Crippen LogP contribution >= 0.6 is 0 Å². The van der Waals surface area contributed by atoms with Gasteiger partial charge in [-0.05, 0) is 37.8 Å². The summed E-state index contributed by atoms with van der Waals surface area (Å²) in [6.45, 7) is 3.71. The molecule has 7 nitrogen and oxygen atoms in total. The fourth-order valence-electron chi connectivity index (χ4n) is 3.03. The van der Waals surface area contributed by atoms with E-state index in [1.165, 1.54) is 0 Å². The van der Waals surface area contributed by atoms with Gasteiger partial charge in [0, 0.05) is 37.1 Å². The van der Waals surface area contributed by atoms with Crippen molar-refractivity contribution in [2.45, 2.75) is 38.8 Å². The molecule has 0 radical (unpaired) electrons. The van der Waals surface area contributed by atoms with Gasteiger partial charge in [-0.25, -0.2) is 9.78 Å². The summed E-state index contributed by atoms with van der Waals surface area (Å²) < 4.78 is 5.39. The van der Waals surface area contributed by atoms with Gasteiger partial charge in [-0.2, -0.15) is 5.10 Å². The van der Waals surface area contributed by atoms with Gasteiger partial charge in [-0.1, -0.05) is 0 Å². The monoisotopic (exact) mass is 329 g/mol. The molecule has 2 N–H and O–H groups in total. The normalized spacial score (nSPS) is 17.5. The van der Waals surface area contributed by atoms with Gasteiger partial charge < -0.3 is 15.0 Å². The molecule has 2 amide bonds. The zero-order valence-corrected chi connectivity index (χ0v) is 13.9. The van der Waals surface area contributed by atoms with Crippen molar-refractivity contribution in [1.82, 2.24) is 25.4 Å². The number of rotatable bonds is 5. The van der Waals surface area contributed by atoms with E-state index >= 15 is 0 Å². The maximum absolute atomic E-state index is 12.6. The molecule has 0 spiro atoms. The standard InChI is InChI=1S/C17H23N5O2/c1-2-24-16-9-13(6-7-18-16)10-19-17(23)22-8-4-3-5-15(22)14-11-20-21-12-14/h6-7,9,11-12,15H,2-5,8,10H2,1H3,(H,19,23)(H,20,21). The molecular formula is C17H23N5O2. The Labute approximate surface area is 141 Å². The summed E-state index contributed by atoms with van der Waals surface area (Å²) in [5, 5.41) is 9.84. The third kappa shape index (κ3) is 3.84. The summed E-state index contributed by atoms with van der Waals surface area (Å²) in [5.74, 6) is 0.582. The van der Waals surface area contributed by atoms with Crippen LogP contribution in [-0.4, -0.2) is 39.3 Å². The number of ether oxygens (including phenoxy) is 1. The number of pyridine rings is 1. The lowest BCUT2D eigenvalue weighted by atomic mass is 9.98. The number of aromatic nitrogens is 3. The molecule has 7 heteroatoms. The Balaban J connectivity index is 1.62. The Morgan fingerprint density at radius 2 is 2.42 bits per heavy atom. The molecule has 0 aliphatic carbocycles. The maximum Gasteiger partial charge on any atom is 0.318 e. The van der Waals surface area contributed by atoms with E-state index in [1.54, 1.807) is 12.4 Å². The molecule has 2 aromatic heterocycles. The summed E-state index contributed by atoms with van der Waals surface area (Å²) in [6, 6.07) is 3.78. The molecule has 1 saturated heterocycles. The first-order valence-corrected chi connectivity index (χ1v) is 8.39. The van der Waals surface area contributed by atoms with Crippen molar-refractivity contribution in [1.29, 1.82) is 0 Å². The number of carbonyl (C=O) groups excluding carboxylic acids is 1. The van der Waals surface area contributed by atoms with Crippen LogP contribution in [-0.2, 0) is 6.54 Å². The van der Waals surface area contributed by atoms with Crippen LogP contribution in [0.1, 0.15) is 43.4 Å². The van der Waals surface area contributed by atoms with Crippen LogP contribution in [0.2, 0.25) is 0 Å². The van der Waals surface area contributed by atoms with Gasteiger partial charge in [0.15, 0.2) is 0 Å². The number of nitrogens with zero attached hydrogens (tertiary/aromatic N) is 3. The van der Waals surface area contributed by atoms with Crippen molar-refractivity contribution >= 4 is 6.03 Å². The Hall–Kier alpha value is -2.57. The minimum absolute atomic E-state index is 0.0457. The van der Waals surface area contributed by atoms with Crippen LogP contribution in [0.5, 0.6) is 5.88 Å². The molecule has 2 aromatic rings. The molecule has 24 heavy (non-hydrogen) atoms. The zero-order chi connectivity index (χ0) is 16.8. The van der Waals surface area contributed by atoms with Crippen LogP contribution < -0.4 is 10.1 Å². The lowest BCUT2D eigenvalue weighted by Gasteiger charge is -2.35. The van der Waals surface area contributed by atoms with E-state index in [-0.39, 0.29) is 12.1 Å². The molecule has 0 bridgehead atoms. The van der Waals surface area contributed by atoms with Gasteiger partial charge in [0.1, 0.15) is 0 Å². The second-order valence-electron chi connectivity index (χ2n) is 5.83. The number of urea groups is 1. The van der Waals surface area contributed by atoms with Crippen LogP contribution in [0, 0.1) is 0 Å². The number of aromatic amines is 1. The first-order valence-electron chi connectivity index (χ1n) is 8.39. The highest BCUT2D eigenvalue weighted by Crippen LogP contribution is 2.30. The average molecular weight is 329 g/mol. The van der Waals surface area contributed by atoms with E-state index in [1.807, 2.05) is 30.2 Å². The highest BCUT2D eigenvalue weighted by Gasteiger charge is 2.28. The van der Waals surface area contributed by atoms with Crippen molar-refractivity contribution in [2.24, 2.45) is 0 Å². The molecule has 3 heterocycles. The zero-order valence-electron chi connectivity index (χ0n) is 13.9. The number of hydrogen-bond acceptors (Lipinski definition) is 4. The fraction of sp³-hybridized carbons (Fsp3) is 0.471. The highest BCUT2D eigenvalue weighted by molar-refractivity contribution is 5.74. The van der Waals surface area contributed by atoms with Crippen LogP contribution in [0.4, 0.5) is 4.79 Å².